The average Bonchev–Trinajstić information content (AvgIpc) is 2.79. The monoisotopic (exact) mass is 491 g/mol. The van der Waals surface area contributed by atoms with Gasteiger partial charge in [-0.1, -0.05) is 11.6 Å². The van der Waals surface area contributed by atoms with Gasteiger partial charge >= 0.3 is 12.0 Å². The molecule has 1 saturated heterocycles. The number of hydrogen-bond acceptors (Lipinski definition) is 7. The van der Waals surface area contributed by atoms with E-state index in [1.54, 1.807) is 30.3 Å². The standard InChI is InChI=1S/C24H30ClN3O6/c1-16(29)33-15-18(26-24(30)27-19-10-21(31-2)12-22(11-19)32-3)8-9-28-13-23(14-28)34-20-6-4-17(25)5-7-20/h4-7,10-12,18,23H,8-9,13-15H2,1-3H3,(H2,26,27,30). The van der Waals surface area contributed by atoms with Crippen LogP contribution in [0.1, 0.15) is 13.3 Å². The molecular weight excluding hydrogens is 462 g/mol. The summed E-state index contributed by atoms with van der Waals surface area (Å²) in [7, 11) is 3.07. The molecule has 1 atom stereocenters. The van der Waals surface area contributed by atoms with Crippen molar-refractivity contribution >= 4 is 29.3 Å². The Balaban J connectivity index is 1.47. The van der Waals surface area contributed by atoms with Crippen LogP contribution in [-0.4, -0.2) is 69.5 Å². The molecule has 0 aromatic heterocycles. The van der Waals surface area contributed by atoms with Gasteiger partial charge in [0.2, 0.25) is 0 Å². The molecule has 2 aromatic carbocycles. The second kappa shape index (κ2) is 12.3. The molecule has 2 N–H and O–H groups in total. The van der Waals surface area contributed by atoms with Gasteiger partial charge in [0, 0.05) is 55.5 Å². The summed E-state index contributed by atoms with van der Waals surface area (Å²) in [5, 5.41) is 6.32. The van der Waals surface area contributed by atoms with Crippen molar-refractivity contribution < 1.29 is 28.5 Å². The van der Waals surface area contributed by atoms with Gasteiger partial charge in [-0.15, -0.1) is 0 Å². The molecule has 10 heteroatoms. The lowest BCUT2D eigenvalue weighted by Gasteiger charge is -2.39. The fourth-order valence-electron chi connectivity index (χ4n) is 3.47. The zero-order chi connectivity index (χ0) is 24.5. The van der Waals surface area contributed by atoms with Gasteiger partial charge in [0.1, 0.15) is 30.0 Å². The van der Waals surface area contributed by atoms with E-state index in [4.69, 9.17) is 30.5 Å². The zero-order valence-corrected chi connectivity index (χ0v) is 20.3. The van der Waals surface area contributed by atoms with Crippen molar-refractivity contribution in [2.45, 2.75) is 25.5 Å². The molecular formula is C24H30ClN3O6. The summed E-state index contributed by atoms with van der Waals surface area (Å²) in [5.41, 5.74) is 0.518. The van der Waals surface area contributed by atoms with Crippen molar-refractivity contribution in [2.24, 2.45) is 0 Å². The SMILES string of the molecule is COc1cc(NC(=O)NC(CCN2CC(Oc3ccc(Cl)cc3)C2)COC(C)=O)cc(OC)c1. The van der Waals surface area contributed by atoms with Crippen molar-refractivity contribution in [2.75, 3.05) is 45.8 Å². The number of nitrogens with one attached hydrogen (secondary N) is 2. The lowest BCUT2D eigenvalue weighted by Crippen LogP contribution is -2.55. The Morgan fingerprint density at radius 2 is 1.71 bits per heavy atom. The van der Waals surface area contributed by atoms with Crippen LogP contribution in [0.5, 0.6) is 17.2 Å². The van der Waals surface area contributed by atoms with E-state index in [0.717, 1.165) is 25.4 Å². The van der Waals surface area contributed by atoms with Crippen molar-refractivity contribution in [1.29, 1.82) is 0 Å². The van der Waals surface area contributed by atoms with E-state index in [2.05, 4.69) is 15.5 Å². The van der Waals surface area contributed by atoms with Crippen molar-refractivity contribution in [3.05, 3.63) is 47.5 Å². The zero-order valence-electron chi connectivity index (χ0n) is 19.5. The number of halogens is 1. The smallest absolute Gasteiger partial charge is 0.319 e. The van der Waals surface area contributed by atoms with Gasteiger partial charge in [0.15, 0.2) is 0 Å². The fourth-order valence-corrected chi connectivity index (χ4v) is 3.60. The summed E-state index contributed by atoms with van der Waals surface area (Å²) in [5.74, 6) is 1.50. The van der Waals surface area contributed by atoms with E-state index >= 15 is 0 Å². The first-order valence-electron chi connectivity index (χ1n) is 10.9. The van der Waals surface area contributed by atoms with Gasteiger partial charge in [-0.3, -0.25) is 9.69 Å². The third-order valence-electron chi connectivity index (χ3n) is 5.27. The highest BCUT2D eigenvalue weighted by Crippen LogP contribution is 2.26. The Hall–Kier alpha value is -3.17. The minimum absolute atomic E-state index is 0.0860. The minimum atomic E-state index is -0.417. The molecule has 9 nitrogen and oxygen atoms in total. The number of anilines is 1. The molecule has 1 aliphatic rings. The highest BCUT2D eigenvalue weighted by Gasteiger charge is 2.29. The maximum atomic E-state index is 12.6. The number of likely N-dealkylation sites (tertiary alicyclic amines) is 1. The third-order valence-corrected chi connectivity index (χ3v) is 5.52. The number of carbonyl (C=O) groups excluding carboxylic acids is 2. The van der Waals surface area contributed by atoms with E-state index in [9.17, 15) is 9.59 Å². The van der Waals surface area contributed by atoms with E-state index in [0.29, 0.717) is 28.6 Å². The Kier molecular flexibility index (Phi) is 9.24. The van der Waals surface area contributed by atoms with E-state index in [1.165, 1.54) is 21.1 Å². The molecule has 1 heterocycles. The molecule has 2 aromatic rings. The second-order valence-electron chi connectivity index (χ2n) is 7.94. The van der Waals surface area contributed by atoms with Crippen LogP contribution in [-0.2, 0) is 9.53 Å². The van der Waals surface area contributed by atoms with Crippen molar-refractivity contribution in [3.8, 4) is 17.2 Å². The number of esters is 1. The van der Waals surface area contributed by atoms with Crippen molar-refractivity contribution in [3.63, 3.8) is 0 Å². The Labute approximate surface area is 204 Å². The van der Waals surface area contributed by atoms with Gasteiger partial charge in [-0.05, 0) is 30.7 Å². The first-order chi connectivity index (χ1) is 16.3. The van der Waals surface area contributed by atoms with Gasteiger partial charge in [0.25, 0.3) is 0 Å². The van der Waals surface area contributed by atoms with Crippen LogP contribution < -0.4 is 24.8 Å². The predicted octanol–water partition coefficient (Wildman–Crippen LogP) is 3.56. The van der Waals surface area contributed by atoms with E-state index < -0.39 is 12.0 Å². The first-order valence-corrected chi connectivity index (χ1v) is 11.3. The summed E-state index contributed by atoms with van der Waals surface area (Å²) >= 11 is 5.90. The summed E-state index contributed by atoms with van der Waals surface area (Å²) in [6.45, 7) is 3.70. The number of ether oxygens (including phenoxy) is 4. The van der Waals surface area contributed by atoms with Crippen LogP contribution in [0.2, 0.25) is 5.02 Å². The van der Waals surface area contributed by atoms with Crippen LogP contribution in [0.4, 0.5) is 10.5 Å². The fraction of sp³-hybridized carbons (Fsp3) is 0.417. The van der Waals surface area contributed by atoms with Crippen LogP contribution in [0.25, 0.3) is 0 Å². The Morgan fingerprint density at radius 1 is 1.06 bits per heavy atom. The first kappa shape index (κ1) is 25.5. The molecule has 1 unspecified atom stereocenters. The molecule has 0 radical (unpaired) electrons. The van der Waals surface area contributed by atoms with Crippen molar-refractivity contribution in [1.82, 2.24) is 10.2 Å². The number of nitrogens with zero attached hydrogens (tertiary/aromatic N) is 1. The van der Waals surface area contributed by atoms with Gasteiger partial charge < -0.3 is 29.6 Å². The Bertz CT molecular complexity index is 943. The average molecular weight is 492 g/mol. The number of hydrogen-bond donors (Lipinski definition) is 2. The van der Waals surface area contributed by atoms with Gasteiger partial charge in [-0.25, -0.2) is 4.79 Å². The highest BCUT2D eigenvalue weighted by atomic mass is 35.5. The van der Waals surface area contributed by atoms with Gasteiger partial charge in [0.05, 0.1) is 20.3 Å². The molecule has 184 valence electrons. The normalized spacial score (nSPS) is 14.5. The van der Waals surface area contributed by atoms with Crippen LogP contribution in [0, 0.1) is 0 Å². The Morgan fingerprint density at radius 3 is 2.29 bits per heavy atom. The van der Waals surface area contributed by atoms with Crippen LogP contribution in [0.3, 0.4) is 0 Å². The number of amides is 2. The summed E-state index contributed by atoms with van der Waals surface area (Å²) < 4.78 is 21.5. The minimum Gasteiger partial charge on any atom is -0.497 e. The number of methoxy groups -OCH3 is 2. The largest absolute Gasteiger partial charge is 0.497 e. The molecule has 0 saturated carbocycles. The predicted molar refractivity (Wildman–Crippen MR) is 129 cm³/mol. The third kappa shape index (κ3) is 8.00. The number of urea groups is 1. The maximum absolute atomic E-state index is 12.6. The molecule has 0 aliphatic carbocycles. The quantitative estimate of drug-likeness (QED) is 0.464. The van der Waals surface area contributed by atoms with E-state index in [1.807, 2.05) is 12.1 Å². The summed E-state index contributed by atoms with van der Waals surface area (Å²) in [4.78, 5) is 26.1. The lowest BCUT2D eigenvalue weighted by atomic mass is 10.1. The molecule has 1 fully saturated rings. The summed E-state index contributed by atoms with van der Waals surface area (Å²) in [6, 6.07) is 11.6. The van der Waals surface area contributed by atoms with Crippen LogP contribution in [0.15, 0.2) is 42.5 Å². The maximum Gasteiger partial charge on any atom is 0.319 e. The molecule has 2 amide bonds. The summed E-state index contributed by atoms with van der Waals surface area (Å²) in [6.07, 6.45) is 0.711. The van der Waals surface area contributed by atoms with Crippen LogP contribution >= 0.6 is 11.6 Å². The van der Waals surface area contributed by atoms with E-state index in [-0.39, 0.29) is 18.8 Å². The number of benzene rings is 2. The molecule has 3 rings (SSSR count). The lowest BCUT2D eigenvalue weighted by molar-refractivity contribution is -0.141. The molecule has 1 aliphatic heterocycles. The van der Waals surface area contributed by atoms with Gasteiger partial charge in [-0.2, -0.15) is 0 Å². The number of rotatable bonds is 11. The number of carbonyl (C=O) groups is 2. The second-order valence-corrected chi connectivity index (χ2v) is 8.38. The molecule has 0 spiro atoms. The topological polar surface area (TPSA) is 98.4 Å². The molecule has 0 bridgehead atoms. The highest BCUT2D eigenvalue weighted by molar-refractivity contribution is 6.30. The molecule has 34 heavy (non-hydrogen) atoms.